The molecule has 0 aliphatic heterocycles. The van der Waals surface area contributed by atoms with Crippen LogP contribution < -0.4 is 0 Å². The van der Waals surface area contributed by atoms with E-state index in [1.165, 1.54) is 0 Å². The SMILES string of the molecule is COP(=O)(O)OC.Oc1ccccc1. The van der Waals surface area contributed by atoms with Gasteiger partial charge in [-0.3, -0.25) is 9.05 Å². The maximum absolute atomic E-state index is 10.1. The van der Waals surface area contributed by atoms with Gasteiger partial charge in [-0.1, -0.05) is 18.2 Å². The minimum atomic E-state index is -3.65. The fourth-order valence-corrected chi connectivity index (χ4v) is 0.652. The van der Waals surface area contributed by atoms with Gasteiger partial charge in [0.2, 0.25) is 0 Å². The minimum absolute atomic E-state index is 0.322. The second-order valence-electron chi connectivity index (χ2n) is 2.17. The van der Waals surface area contributed by atoms with Gasteiger partial charge in [0.1, 0.15) is 5.75 Å². The zero-order valence-corrected chi connectivity index (χ0v) is 8.85. The number of phosphoric acid groups is 1. The number of phosphoric ester groups is 1. The molecule has 0 aliphatic carbocycles. The van der Waals surface area contributed by atoms with E-state index in [4.69, 9.17) is 10.00 Å². The van der Waals surface area contributed by atoms with E-state index in [0.717, 1.165) is 14.2 Å². The van der Waals surface area contributed by atoms with Crippen LogP contribution in [0.1, 0.15) is 0 Å². The van der Waals surface area contributed by atoms with Crippen molar-refractivity contribution in [2.75, 3.05) is 14.2 Å². The third kappa shape index (κ3) is 6.62. The van der Waals surface area contributed by atoms with Gasteiger partial charge in [-0.05, 0) is 12.1 Å². The first-order valence-electron chi connectivity index (χ1n) is 3.70. The first kappa shape index (κ1) is 13.1. The van der Waals surface area contributed by atoms with Crippen molar-refractivity contribution in [3.05, 3.63) is 30.3 Å². The summed E-state index contributed by atoms with van der Waals surface area (Å²) in [5.74, 6) is 0.322. The van der Waals surface area contributed by atoms with Crippen molar-refractivity contribution in [1.29, 1.82) is 0 Å². The van der Waals surface area contributed by atoms with Crippen LogP contribution in [0.25, 0.3) is 0 Å². The summed E-state index contributed by atoms with van der Waals surface area (Å²) in [6.45, 7) is 0. The van der Waals surface area contributed by atoms with Crippen molar-refractivity contribution in [3.63, 3.8) is 0 Å². The van der Waals surface area contributed by atoms with E-state index < -0.39 is 7.82 Å². The first-order chi connectivity index (χ1) is 6.52. The van der Waals surface area contributed by atoms with E-state index in [1.807, 2.05) is 6.07 Å². The third-order valence-corrected chi connectivity index (χ3v) is 2.14. The zero-order valence-electron chi connectivity index (χ0n) is 7.95. The lowest BCUT2D eigenvalue weighted by atomic mass is 10.3. The van der Waals surface area contributed by atoms with Crippen molar-refractivity contribution in [1.82, 2.24) is 0 Å². The summed E-state index contributed by atoms with van der Waals surface area (Å²) in [4.78, 5) is 8.24. The second kappa shape index (κ2) is 6.56. The van der Waals surface area contributed by atoms with Crippen LogP contribution in [0.3, 0.4) is 0 Å². The number of hydrogen-bond acceptors (Lipinski definition) is 4. The lowest BCUT2D eigenvalue weighted by Gasteiger charge is -2.01. The molecule has 0 spiro atoms. The standard InChI is InChI=1S/C6H6O.C2H7O4P/c7-6-4-2-1-3-5-6;1-5-7(3,4)6-2/h1-5,7H;1-2H3,(H,3,4). The summed E-state index contributed by atoms with van der Waals surface area (Å²) in [5.41, 5.74) is 0. The molecular weight excluding hydrogens is 207 g/mol. The molecule has 0 bridgehead atoms. The molecule has 0 aromatic heterocycles. The van der Waals surface area contributed by atoms with Crippen LogP contribution in [-0.4, -0.2) is 24.2 Å². The van der Waals surface area contributed by atoms with E-state index >= 15 is 0 Å². The highest BCUT2D eigenvalue weighted by Gasteiger charge is 2.13. The van der Waals surface area contributed by atoms with E-state index in [1.54, 1.807) is 24.3 Å². The Kier molecular flexibility index (Phi) is 6.16. The molecule has 0 amide bonds. The molecule has 0 heterocycles. The van der Waals surface area contributed by atoms with Crippen molar-refractivity contribution in [3.8, 4) is 5.75 Å². The maximum Gasteiger partial charge on any atom is 0.471 e. The predicted molar refractivity (Wildman–Crippen MR) is 52.0 cm³/mol. The Bertz CT molecular complexity index is 279. The van der Waals surface area contributed by atoms with Crippen molar-refractivity contribution < 1.29 is 23.6 Å². The lowest BCUT2D eigenvalue weighted by Crippen LogP contribution is -1.83. The molecule has 0 saturated heterocycles. The van der Waals surface area contributed by atoms with Crippen LogP contribution in [0.5, 0.6) is 5.75 Å². The molecule has 0 saturated carbocycles. The number of rotatable bonds is 2. The number of benzene rings is 1. The molecule has 0 fully saturated rings. The number of phenols is 1. The molecule has 80 valence electrons. The predicted octanol–water partition coefficient (Wildman–Crippen LogP) is 1.77. The zero-order chi connectivity index (χ0) is 11.0. The quantitative estimate of drug-likeness (QED) is 0.743. The van der Waals surface area contributed by atoms with Gasteiger partial charge in [-0.2, -0.15) is 0 Å². The molecule has 0 radical (unpaired) electrons. The largest absolute Gasteiger partial charge is 0.508 e. The van der Waals surface area contributed by atoms with Gasteiger partial charge < -0.3 is 10.00 Å². The molecule has 1 aromatic carbocycles. The molecule has 5 nitrogen and oxygen atoms in total. The van der Waals surface area contributed by atoms with Gasteiger partial charge in [0.05, 0.1) is 0 Å². The highest BCUT2D eigenvalue weighted by Crippen LogP contribution is 2.40. The highest BCUT2D eigenvalue weighted by atomic mass is 31.2. The number of phenolic OH excluding ortho intramolecular Hbond substituents is 1. The van der Waals surface area contributed by atoms with Crippen LogP contribution >= 0.6 is 7.82 Å². The Morgan fingerprint density at radius 3 is 1.71 bits per heavy atom. The molecular formula is C8H13O5P. The Morgan fingerprint density at radius 2 is 1.57 bits per heavy atom. The monoisotopic (exact) mass is 220 g/mol. The Balaban J connectivity index is 0.000000241. The van der Waals surface area contributed by atoms with Crippen LogP contribution in [0, 0.1) is 0 Å². The summed E-state index contributed by atoms with van der Waals surface area (Å²) < 4.78 is 18.0. The lowest BCUT2D eigenvalue weighted by molar-refractivity contribution is 0.204. The fraction of sp³-hybridized carbons (Fsp3) is 0.250. The van der Waals surface area contributed by atoms with Gasteiger partial charge in [-0.25, -0.2) is 4.57 Å². The van der Waals surface area contributed by atoms with Gasteiger partial charge in [0, 0.05) is 14.2 Å². The molecule has 14 heavy (non-hydrogen) atoms. The van der Waals surface area contributed by atoms with Gasteiger partial charge >= 0.3 is 7.82 Å². The maximum atomic E-state index is 10.1. The van der Waals surface area contributed by atoms with E-state index in [2.05, 4.69) is 9.05 Å². The molecule has 0 unspecified atom stereocenters. The number of para-hydroxylation sites is 1. The molecule has 1 aromatic rings. The summed E-state index contributed by atoms with van der Waals surface area (Å²) >= 11 is 0. The molecule has 1 rings (SSSR count). The third-order valence-electron chi connectivity index (χ3n) is 1.22. The Hall–Kier alpha value is -0.870. The molecule has 0 aliphatic rings. The smallest absolute Gasteiger partial charge is 0.471 e. The number of aromatic hydroxyl groups is 1. The van der Waals surface area contributed by atoms with E-state index in [-0.39, 0.29) is 0 Å². The van der Waals surface area contributed by atoms with Gasteiger partial charge in [0.25, 0.3) is 0 Å². The van der Waals surface area contributed by atoms with Crippen molar-refractivity contribution in [2.24, 2.45) is 0 Å². The van der Waals surface area contributed by atoms with Crippen LogP contribution in [0.15, 0.2) is 30.3 Å². The molecule has 0 atom stereocenters. The fourth-order valence-electron chi connectivity index (χ4n) is 0.503. The minimum Gasteiger partial charge on any atom is -0.508 e. The van der Waals surface area contributed by atoms with Gasteiger partial charge in [0.15, 0.2) is 0 Å². The van der Waals surface area contributed by atoms with Crippen LogP contribution in [0.4, 0.5) is 0 Å². The van der Waals surface area contributed by atoms with Crippen molar-refractivity contribution in [2.45, 2.75) is 0 Å². The Labute approximate surface area is 82.5 Å². The second-order valence-corrected chi connectivity index (χ2v) is 3.84. The van der Waals surface area contributed by atoms with E-state index in [0.29, 0.717) is 5.75 Å². The molecule has 2 N–H and O–H groups in total. The highest BCUT2D eigenvalue weighted by molar-refractivity contribution is 7.47. The number of hydrogen-bond donors (Lipinski definition) is 2. The normalized spacial score (nSPS) is 10.2. The topological polar surface area (TPSA) is 76.0 Å². The first-order valence-corrected chi connectivity index (χ1v) is 5.19. The van der Waals surface area contributed by atoms with Crippen LogP contribution in [-0.2, 0) is 13.6 Å². The summed E-state index contributed by atoms with van der Waals surface area (Å²) in [6.07, 6.45) is 0. The summed E-state index contributed by atoms with van der Waals surface area (Å²) in [6, 6.07) is 8.71. The van der Waals surface area contributed by atoms with Crippen molar-refractivity contribution >= 4 is 7.82 Å². The van der Waals surface area contributed by atoms with Gasteiger partial charge in [-0.15, -0.1) is 0 Å². The summed E-state index contributed by atoms with van der Waals surface area (Å²) in [7, 11) is -1.45. The Morgan fingerprint density at radius 1 is 1.14 bits per heavy atom. The average molecular weight is 220 g/mol. The molecule has 6 heteroatoms. The summed E-state index contributed by atoms with van der Waals surface area (Å²) in [5, 5.41) is 8.63. The van der Waals surface area contributed by atoms with E-state index in [9.17, 15) is 4.57 Å². The van der Waals surface area contributed by atoms with Crippen LogP contribution in [0.2, 0.25) is 0 Å². The average Bonchev–Trinajstić information content (AvgIpc) is 2.20.